The summed E-state index contributed by atoms with van der Waals surface area (Å²) in [4.78, 5) is 11.7. The smallest absolute Gasteiger partial charge is 0.246 e. The van der Waals surface area contributed by atoms with Gasteiger partial charge in [0, 0.05) is 16.3 Å². The van der Waals surface area contributed by atoms with Gasteiger partial charge in [-0.25, -0.2) is 0 Å². The van der Waals surface area contributed by atoms with Gasteiger partial charge in [-0.1, -0.05) is 25.4 Å². The van der Waals surface area contributed by atoms with Crippen molar-refractivity contribution in [1.29, 1.82) is 0 Å². The Labute approximate surface area is 100 Å². The summed E-state index contributed by atoms with van der Waals surface area (Å²) >= 11 is 5.93. The van der Waals surface area contributed by atoms with E-state index in [9.17, 15) is 4.79 Å². The average molecular weight is 239 g/mol. The summed E-state index contributed by atoms with van der Waals surface area (Å²) < 4.78 is 0. The first-order valence-electron chi connectivity index (χ1n) is 5.41. The maximum Gasteiger partial charge on any atom is 0.246 e. The van der Waals surface area contributed by atoms with Gasteiger partial charge in [0.2, 0.25) is 5.91 Å². The number of amides is 1. The molecule has 86 valence electrons. The van der Waals surface area contributed by atoms with Crippen LogP contribution in [0.3, 0.4) is 0 Å². The van der Waals surface area contributed by atoms with Gasteiger partial charge in [-0.3, -0.25) is 4.79 Å². The summed E-state index contributed by atoms with van der Waals surface area (Å²) in [6.45, 7) is 5.03. The lowest BCUT2D eigenvalue weighted by Crippen LogP contribution is -2.30. The summed E-state index contributed by atoms with van der Waals surface area (Å²) in [5.74, 6) is 0.508. The largest absolute Gasteiger partial charge is 0.324 e. The van der Waals surface area contributed by atoms with Crippen molar-refractivity contribution in [3.05, 3.63) is 28.8 Å². The number of carbonyl (C=O) groups is 1. The highest BCUT2D eigenvalue weighted by molar-refractivity contribution is 6.31. The molecular formula is C12H15ClN2O. The van der Waals surface area contributed by atoms with Crippen LogP contribution in [0.1, 0.15) is 25.5 Å². The number of benzene rings is 1. The molecule has 1 unspecified atom stereocenters. The molecule has 1 heterocycles. The molecule has 16 heavy (non-hydrogen) atoms. The van der Waals surface area contributed by atoms with Gasteiger partial charge in [0.15, 0.2) is 0 Å². The standard InChI is InChI=1S/C12H15ClN2O/c1-7(2)6-14-11-9-5-8(13)3-4-10(9)15-12(11)16/h3-5,7,11,14H,6H2,1-2H3,(H,15,16). The van der Waals surface area contributed by atoms with Crippen LogP contribution in [0.2, 0.25) is 5.02 Å². The molecule has 0 spiro atoms. The van der Waals surface area contributed by atoms with Gasteiger partial charge >= 0.3 is 0 Å². The topological polar surface area (TPSA) is 41.1 Å². The second kappa shape index (κ2) is 4.44. The first kappa shape index (κ1) is 11.4. The summed E-state index contributed by atoms with van der Waals surface area (Å²) in [5.41, 5.74) is 1.80. The fourth-order valence-corrected chi connectivity index (χ4v) is 1.97. The first-order valence-corrected chi connectivity index (χ1v) is 5.79. The van der Waals surface area contributed by atoms with Crippen molar-refractivity contribution in [3.63, 3.8) is 0 Å². The number of fused-ring (bicyclic) bond motifs is 1. The molecule has 1 amide bonds. The fourth-order valence-electron chi connectivity index (χ4n) is 1.79. The summed E-state index contributed by atoms with van der Waals surface area (Å²) in [5, 5.41) is 6.74. The predicted octanol–water partition coefficient (Wildman–Crippen LogP) is 2.58. The second-order valence-electron chi connectivity index (χ2n) is 4.46. The zero-order chi connectivity index (χ0) is 11.7. The minimum atomic E-state index is -0.268. The highest BCUT2D eigenvalue weighted by Gasteiger charge is 2.30. The van der Waals surface area contributed by atoms with Crippen LogP contribution < -0.4 is 10.6 Å². The molecule has 0 saturated heterocycles. The molecule has 0 saturated carbocycles. The maximum absolute atomic E-state index is 11.7. The van der Waals surface area contributed by atoms with Crippen LogP contribution in [0.4, 0.5) is 5.69 Å². The fraction of sp³-hybridized carbons (Fsp3) is 0.417. The van der Waals surface area contributed by atoms with Crippen molar-refractivity contribution in [3.8, 4) is 0 Å². The van der Waals surface area contributed by atoms with Crippen molar-refractivity contribution in [1.82, 2.24) is 5.32 Å². The molecule has 1 aromatic rings. The summed E-state index contributed by atoms with van der Waals surface area (Å²) in [6, 6.07) is 5.20. The molecule has 2 N–H and O–H groups in total. The third kappa shape index (κ3) is 2.20. The molecule has 1 aromatic carbocycles. The van der Waals surface area contributed by atoms with Crippen molar-refractivity contribution < 1.29 is 4.79 Å². The van der Waals surface area contributed by atoms with E-state index < -0.39 is 0 Å². The van der Waals surface area contributed by atoms with E-state index in [1.165, 1.54) is 0 Å². The minimum absolute atomic E-state index is 0.00193. The van der Waals surface area contributed by atoms with E-state index in [1.54, 1.807) is 6.07 Å². The molecule has 0 aliphatic carbocycles. The molecule has 0 fully saturated rings. The molecule has 4 heteroatoms. The van der Waals surface area contributed by atoms with E-state index >= 15 is 0 Å². The molecule has 1 atom stereocenters. The molecule has 3 nitrogen and oxygen atoms in total. The van der Waals surface area contributed by atoms with E-state index in [2.05, 4.69) is 24.5 Å². The first-order chi connectivity index (χ1) is 7.58. The number of hydrogen-bond donors (Lipinski definition) is 2. The van der Waals surface area contributed by atoms with Gasteiger partial charge in [0.25, 0.3) is 0 Å². The van der Waals surface area contributed by atoms with E-state index in [0.717, 1.165) is 17.8 Å². The lowest BCUT2D eigenvalue weighted by atomic mass is 10.1. The normalized spacial score (nSPS) is 18.8. The molecule has 1 aliphatic rings. The summed E-state index contributed by atoms with van der Waals surface area (Å²) in [6.07, 6.45) is 0. The van der Waals surface area contributed by atoms with Gasteiger partial charge in [0.05, 0.1) is 0 Å². The van der Waals surface area contributed by atoms with Crippen LogP contribution in [-0.2, 0) is 4.79 Å². The predicted molar refractivity (Wildman–Crippen MR) is 65.7 cm³/mol. The van der Waals surface area contributed by atoms with Crippen molar-refractivity contribution in [2.24, 2.45) is 5.92 Å². The Morgan fingerprint density at radius 3 is 2.94 bits per heavy atom. The zero-order valence-corrected chi connectivity index (χ0v) is 10.1. The Hall–Kier alpha value is -1.06. The van der Waals surface area contributed by atoms with Crippen LogP contribution in [-0.4, -0.2) is 12.5 Å². The van der Waals surface area contributed by atoms with Gasteiger partial charge < -0.3 is 10.6 Å². The highest BCUT2D eigenvalue weighted by atomic mass is 35.5. The van der Waals surface area contributed by atoms with Crippen LogP contribution in [0.15, 0.2) is 18.2 Å². The van der Waals surface area contributed by atoms with Gasteiger partial charge in [0.1, 0.15) is 6.04 Å². The zero-order valence-electron chi connectivity index (χ0n) is 9.38. The molecule has 2 rings (SSSR count). The van der Waals surface area contributed by atoms with E-state index in [4.69, 9.17) is 11.6 Å². The highest BCUT2D eigenvalue weighted by Crippen LogP contribution is 2.32. The van der Waals surface area contributed by atoms with E-state index in [1.807, 2.05) is 12.1 Å². The number of rotatable bonds is 3. The minimum Gasteiger partial charge on any atom is -0.324 e. The molecule has 1 aliphatic heterocycles. The van der Waals surface area contributed by atoms with Gasteiger partial charge in [-0.2, -0.15) is 0 Å². The van der Waals surface area contributed by atoms with Crippen LogP contribution in [0.25, 0.3) is 0 Å². The third-order valence-electron chi connectivity index (χ3n) is 2.57. The van der Waals surface area contributed by atoms with E-state index in [-0.39, 0.29) is 11.9 Å². The van der Waals surface area contributed by atoms with E-state index in [0.29, 0.717) is 10.9 Å². The Bertz CT molecular complexity index is 417. The number of hydrogen-bond acceptors (Lipinski definition) is 2. The van der Waals surface area contributed by atoms with Crippen LogP contribution in [0.5, 0.6) is 0 Å². The average Bonchev–Trinajstić information content (AvgIpc) is 2.51. The molecule has 0 aromatic heterocycles. The van der Waals surface area contributed by atoms with Crippen LogP contribution >= 0.6 is 11.6 Å². The van der Waals surface area contributed by atoms with Gasteiger partial charge in [-0.05, 0) is 30.7 Å². The van der Waals surface area contributed by atoms with Gasteiger partial charge in [-0.15, -0.1) is 0 Å². The third-order valence-corrected chi connectivity index (χ3v) is 2.81. The number of halogens is 1. The monoisotopic (exact) mass is 238 g/mol. The van der Waals surface area contributed by atoms with Crippen LogP contribution in [0, 0.1) is 5.92 Å². The lowest BCUT2D eigenvalue weighted by Gasteiger charge is -2.13. The molecule has 0 bridgehead atoms. The van der Waals surface area contributed by atoms with Crippen molar-refractivity contribution in [2.45, 2.75) is 19.9 Å². The quantitative estimate of drug-likeness (QED) is 0.850. The lowest BCUT2D eigenvalue weighted by molar-refractivity contribution is -0.117. The second-order valence-corrected chi connectivity index (χ2v) is 4.89. The molecular weight excluding hydrogens is 224 g/mol. The Morgan fingerprint density at radius 1 is 1.50 bits per heavy atom. The Kier molecular flexibility index (Phi) is 3.17. The van der Waals surface area contributed by atoms with Crippen molar-refractivity contribution in [2.75, 3.05) is 11.9 Å². The molecule has 0 radical (unpaired) electrons. The Morgan fingerprint density at radius 2 is 2.25 bits per heavy atom. The number of carbonyl (C=O) groups excluding carboxylic acids is 1. The maximum atomic E-state index is 11.7. The van der Waals surface area contributed by atoms with Crippen molar-refractivity contribution >= 4 is 23.2 Å². The number of anilines is 1. The Balaban J connectivity index is 2.21. The SMILES string of the molecule is CC(C)CNC1C(=O)Nc2ccc(Cl)cc21. The number of nitrogens with one attached hydrogen (secondary N) is 2. The summed E-state index contributed by atoms with van der Waals surface area (Å²) in [7, 11) is 0.